The summed E-state index contributed by atoms with van der Waals surface area (Å²) >= 11 is 6.37. The quantitative estimate of drug-likeness (QED) is 0.0619. The summed E-state index contributed by atoms with van der Waals surface area (Å²) < 4.78 is 0.926. The highest BCUT2D eigenvalue weighted by Crippen LogP contribution is 2.31. The van der Waals surface area contributed by atoms with E-state index in [1.165, 1.54) is 34.8 Å². The van der Waals surface area contributed by atoms with Crippen molar-refractivity contribution in [3.05, 3.63) is 196 Å². The predicted molar refractivity (Wildman–Crippen MR) is 277 cm³/mol. The molecular weight excluding hydrogens is 961 g/mol. The van der Waals surface area contributed by atoms with Gasteiger partial charge in [-0.15, -0.1) is 22.7 Å². The lowest BCUT2D eigenvalue weighted by molar-refractivity contribution is 0.101. The zero-order valence-corrected chi connectivity index (χ0v) is 39.5. The third-order valence-electron chi connectivity index (χ3n) is 10.0. The van der Waals surface area contributed by atoms with Crippen LogP contribution in [0.2, 0.25) is 0 Å². The molecule has 0 unspecified atom stereocenters. The summed E-state index contributed by atoms with van der Waals surface area (Å²) in [6.07, 6.45) is 7.02. The number of carbonyl (C=O) groups excluding carboxylic acids is 3. The van der Waals surface area contributed by atoms with Crippen molar-refractivity contribution in [2.45, 2.75) is 13.8 Å². The summed E-state index contributed by atoms with van der Waals surface area (Å²) in [4.78, 5) is 55.1. The van der Waals surface area contributed by atoms with E-state index in [2.05, 4.69) is 67.8 Å². The van der Waals surface area contributed by atoms with Gasteiger partial charge in [0.1, 0.15) is 5.75 Å². The van der Waals surface area contributed by atoms with Crippen LogP contribution in [0.5, 0.6) is 5.75 Å². The van der Waals surface area contributed by atoms with Gasteiger partial charge in [0.05, 0.1) is 11.4 Å². The van der Waals surface area contributed by atoms with Crippen molar-refractivity contribution in [3.8, 4) is 28.3 Å². The van der Waals surface area contributed by atoms with Gasteiger partial charge < -0.3 is 37.0 Å². The molecule has 4 heterocycles. The number of aryl methyl sites for hydroxylation is 2. The highest BCUT2D eigenvalue weighted by Gasteiger charge is 2.13. The number of hydrogen-bond acceptors (Lipinski definition) is 12. The van der Waals surface area contributed by atoms with Crippen molar-refractivity contribution >= 4 is 101 Å². The molecule has 4 aromatic heterocycles. The minimum Gasteiger partial charge on any atom is -0.508 e. The fourth-order valence-electron chi connectivity index (χ4n) is 6.41. The van der Waals surface area contributed by atoms with E-state index in [-0.39, 0.29) is 23.6 Å². The molecule has 7 N–H and O–H groups in total. The first-order chi connectivity index (χ1) is 33.0. The Morgan fingerprint density at radius 3 is 1.40 bits per heavy atom. The number of thiazole rings is 2. The van der Waals surface area contributed by atoms with Crippen LogP contribution in [0.4, 0.5) is 49.2 Å². The Labute approximate surface area is 407 Å². The second-order valence-corrected chi connectivity index (χ2v) is 17.6. The topological polar surface area (TPSA) is 195 Å². The molecule has 0 fully saturated rings. The number of nitrogens with zero attached hydrogens (tertiary/aromatic N) is 4. The fraction of sp³-hybridized carbons (Fsp3) is 0.0392. The van der Waals surface area contributed by atoms with Crippen LogP contribution in [0, 0.1) is 13.8 Å². The number of phenols is 1. The monoisotopic (exact) mass is 1000 g/mol. The van der Waals surface area contributed by atoms with E-state index in [0.29, 0.717) is 33.9 Å². The number of anilines is 8. The molecule has 14 nitrogen and oxygen atoms in total. The molecule has 9 aromatic rings. The van der Waals surface area contributed by atoms with Gasteiger partial charge in [-0.3, -0.25) is 19.6 Å². The number of aromatic hydroxyl groups is 1. The molecule has 0 atom stereocenters. The van der Waals surface area contributed by atoms with Crippen LogP contribution in [-0.2, 0) is 0 Å². The third kappa shape index (κ3) is 12.5. The Balaban J connectivity index is 0.000000192. The summed E-state index contributed by atoms with van der Waals surface area (Å²) in [5.41, 5.74) is 10.9. The maximum Gasteiger partial charge on any atom is 0.323 e. The first-order valence-electron chi connectivity index (χ1n) is 20.8. The van der Waals surface area contributed by atoms with E-state index in [1.54, 1.807) is 73.3 Å². The molecule has 338 valence electrons. The lowest BCUT2D eigenvalue weighted by atomic mass is 10.1. The number of urea groups is 1. The summed E-state index contributed by atoms with van der Waals surface area (Å²) in [5.74, 6) is -0.380. The van der Waals surface area contributed by atoms with Gasteiger partial charge in [-0.1, -0.05) is 28.1 Å². The summed E-state index contributed by atoms with van der Waals surface area (Å²) in [5, 5.41) is 32.8. The molecule has 5 aromatic carbocycles. The Hall–Kier alpha value is -8.25. The molecule has 68 heavy (non-hydrogen) atoms. The molecule has 0 bridgehead atoms. The third-order valence-corrected chi connectivity index (χ3v) is 12.1. The zero-order valence-electron chi connectivity index (χ0n) is 36.3. The van der Waals surface area contributed by atoms with Crippen molar-refractivity contribution < 1.29 is 19.5 Å². The minimum absolute atomic E-state index is 0.123. The van der Waals surface area contributed by atoms with E-state index in [1.807, 2.05) is 97.4 Å². The number of phenolic OH excluding ortho intramolecular Hbond substituents is 1. The van der Waals surface area contributed by atoms with Crippen LogP contribution < -0.4 is 31.9 Å². The molecule has 9 rings (SSSR count). The smallest absolute Gasteiger partial charge is 0.323 e. The number of rotatable bonds is 12. The predicted octanol–water partition coefficient (Wildman–Crippen LogP) is 13.1. The molecule has 0 aliphatic heterocycles. The number of hydrogen-bond donors (Lipinski definition) is 7. The highest BCUT2D eigenvalue weighted by atomic mass is 79.9. The second kappa shape index (κ2) is 21.8. The number of carbonyl (C=O) groups is 3. The van der Waals surface area contributed by atoms with Gasteiger partial charge in [-0.05, 0) is 146 Å². The van der Waals surface area contributed by atoms with Gasteiger partial charge in [0.25, 0.3) is 11.8 Å². The van der Waals surface area contributed by atoms with E-state index < -0.39 is 0 Å². The van der Waals surface area contributed by atoms with Gasteiger partial charge in [-0.25, -0.2) is 14.8 Å². The van der Waals surface area contributed by atoms with Crippen LogP contribution >= 0.6 is 38.6 Å². The largest absolute Gasteiger partial charge is 0.508 e. The Kier molecular flexibility index (Phi) is 14.9. The van der Waals surface area contributed by atoms with Crippen molar-refractivity contribution in [3.63, 3.8) is 0 Å². The Morgan fingerprint density at radius 1 is 0.529 bits per heavy atom. The minimum atomic E-state index is -0.373. The summed E-state index contributed by atoms with van der Waals surface area (Å²) in [7, 11) is 0. The molecule has 0 aliphatic rings. The SMILES string of the molecule is Cc1ccc(NC(=O)c2ccc(NC(=O)Nc3ccc(Br)cc3)cc2)cc1Nc1nc(-c2cccnc2)cs1.Cc1ccc(NC(=O)c2ccc(O)cc2)cc1Nc1nc(-c2cccnc2)cs1. The van der Waals surface area contributed by atoms with E-state index in [0.717, 1.165) is 59.8 Å². The number of benzene rings is 5. The van der Waals surface area contributed by atoms with E-state index in [4.69, 9.17) is 0 Å². The fourth-order valence-corrected chi connectivity index (χ4v) is 8.13. The van der Waals surface area contributed by atoms with Crippen LogP contribution in [0.15, 0.2) is 173 Å². The maximum absolute atomic E-state index is 12.9. The van der Waals surface area contributed by atoms with Crippen LogP contribution in [0.25, 0.3) is 22.5 Å². The number of amides is 4. The second-order valence-electron chi connectivity index (χ2n) is 15.0. The Bertz CT molecular complexity index is 3170. The van der Waals surface area contributed by atoms with Crippen molar-refractivity contribution in [2.75, 3.05) is 31.9 Å². The number of nitrogens with one attached hydrogen (secondary N) is 6. The van der Waals surface area contributed by atoms with Crippen molar-refractivity contribution in [2.24, 2.45) is 0 Å². The van der Waals surface area contributed by atoms with Gasteiger partial charge in [-0.2, -0.15) is 0 Å². The summed E-state index contributed by atoms with van der Waals surface area (Å²) in [6, 6.07) is 38.7. The molecular formula is C51H41BrN10O4S2. The van der Waals surface area contributed by atoms with Gasteiger partial charge in [0.2, 0.25) is 0 Å². The lowest BCUT2D eigenvalue weighted by Crippen LogP contribution is -2.19. The Morgan fingerprint density at radius 2 is 0.956 bits per heavy atom. The molecule has 0 aliphatic carbocycles. The standard InChI is InChI=1S/C29H23BrN6O2S.C22H18N4O2S/c1-18-4-9-24(15-25(18)35-29-36-26(17-39-29)20-3-2-14-31-16-20)32-27(37)19-5-10-22(11-6-19)33-28(38)34-23-12-7-21(30)8-13-23;1-14-4-7-17(24-21(28)15-5-8-18(27)9-6-15)11-19(14)25-22-26-20(13-29-22)16-3-2-10-23-12-16/h2-17H,1H3,(H,32,37)(H,35,36)(H2,33,34,38);2-13,27H,1H3,(H,24,28)(H,25,26). The van der Waals surface area contributed by atoms with Gasteiger partial charge in [0, 0.05) is 96.4 Å². The zero-order chi connectivity index (χ0) is 47.4. The first kappa shape index (κ1) is 46.3. The van der Waals surface area contributed by atoms with Crippen molar-refractivity contribution in [1.82, 2.24) is 19.9 Å². The van der Waals surface area contributed by atoms with Gasteiger partial charge in [0.15, 0.2) is 10.3 Å². The highest BCUT2D eigenvalue weighted by molar-refractivity contribution is 9.10. The lowest BCUT2D eigenvalue weighted by Gasteiger charge is -2.11. The normalized spacial score (nSPS) is 10.5. The molecule has 0 saturated carbocycles. The maximum atomic E-state index is 12.9. The van der Waals surface area contributed by atoms with Crippen LogP contribution in [0.3, 0.4) is 0 Å². The van der Waals surface area contributed by atoms with Crippen molar-refractivity contribution in [1.29, 1.82) is 0 Å². The molecule has 0 spiro atoms. The molecule has 0 radical (unpaired) electrons. The number of aromatic nitrogens is 4. The van der Waals surface area contributed by atoms with E-state index in [9.17, 15) is 19.5 Å². The van der Waals surface area contributed by atoms with Gasteiger partial charge >= 0.3 is 6.03 Å². The van der Waals surface area contributed by atoms with Crippen LogP contribution in [0.1, 0.15) is 31.8 Å². The molecule has 4 amide bonds. The first-order valence-corrected chi connectivity index (χ1v) is 23.4. The average molecular weight is 1000 g/mol. The number of halogens is 1. The average Bonchev–Trinajstić information content (AvgIpc) is 4.03. The number of pyridine rings is 2. The van der Waals surface area contributed by atoms with Crippen LogP contribution in [-0.4, -0.2) is 42.9 Å². The molecule has 0 saturated heterocycles. The molecule has 17 heteroatoms. The van der Waals surface area contributed by atoms with E-state index >= 15 is 0 Å². The summed E-state index contributed by atoms with van der Waals surface area (Å²) in [6.45, 7) is 3.98.